The molecule has 0 bridgehead atoms. The summed E-state index contributed by atoms with van der Waals surface area (Å²) in [6, 6.07) is 20.6. The highest BCUT2D eigenvalue weighted by Gasteiger charge is 2.34. The van der Waals surface area contributed by atoms with E-state index in [1.807, 2.05) is 88.4 Å². The molecule has 0 radical (unpaired) electrons. The highest BCUT2D eigenvalue weighted by Crippen LogP contribution is 2.22. The van der Waals surface area contributed by atoms with Gasteiger partial charge in [-0.05, 0) is 82.9 Å². The van der Waals surface area contributed by atoms with Crippen molar-refractivity contribution in [3.05, 3.63) is 112 Å². The van der Waals surface area contributed by atoms with E-state index in [0.717, 1.165) is 27.8 Å². The van der Waals surface area contributed by atoms with Crippen molar-refractivity contribution in [1.29, 1.82) is 0 Å². The predicted octanol–water partition coefficient (Wildman–Crippen LogP) is 5.69. The lowest BCUT2D eigenvalue weighted by Crippen LogP contribution is -2.57. The van der Waals surface area contributed by atoms with E-state index in [0.29, 0.717) is 17.9 Å². The molecular weight excluding hydrogens is 606 g/mol. The molecule has 48 heavy (non-hydrogen) atoms. The maximum atomic E-state index is 14.7. The van der Waals surface area contributed by atoms with Crippen molar-refractivity contribution in [2.45, 2.75) is 85.2 Å². The van der Waals surface area contributed by atoms with Crippen LogP contribution in [-0.2, 0) is 27.3 Å². The highest BCUT2D eigenvalue weighted by molar-refractivity contribution is 5.93. The van der Waals surface area contributed by atoms with Crippen molar-refractivity contribution in [2.75, 3.05) is 6.61 Å². The van der Waals surface area contributed by atoms with Crippen LogP contribution in [0.2, 0.25) is 0 Å². The number of aryl methyl sites for hydroxylation is 2. The molecule has 10 heteroatoms. The molecule has 0 saturated carbocycles. The highest BCUT2D eigenvalue weighted by atomic mass is 16.6. The third-order valence-electron chi connectivity index (χ3n) is 7.56. The van der Waals surface area contributed by atoms with Gasteiger partial charge < -0.3 is 31.2 Å². The normalized spacial score (nSPS) is 13.3. The van der Waals surface area contributed by atoms with Crippen LogP contribution in [0, 0.1) is 13.8 Å². The number of carbonyl (C=O) groups excluding carboxylic acids is 3. The largest absolute Gasteiger partial charge is 0.444 e. The molecule has 3 aromatic rings. The molecule has 2 atom stereocenters. The summed E-state index contributed by atoms with van der Waals surface area (Å²) in [6.45, 7) is 13.2. The summed E-state index contributed by atoms with van der Waals surface area (Å²) in [7, 11) is 0. The SMILES string of the molecule is Cc1cc(C(N)=O)cc(C)c1C[C@H](NC(=O)OC(C)(C)C)C(=O)N(C(C)C)[C@H](C=N/C(=C\N)c1ccccc1)COCc1ccccc1. The average molecular weight is 656 g/mol. The maximum Gasteiger partial charge on any atom is 0.408 e. The monoisotopic (exact) mass is 655 g/mol. The van der Waals surface area contributed by atoms with Gasteiger partial charge in [0.2, 0.25) is 11.8 Å². The van der Waals surface area contributed by atoms with E-state index in [9.17, 15) is 14.4 Å². The average Bonchev–Trinajstić information content (AvgIpc) is 3.02. The lowest BCUT2D eigenvalue weighted by molar-refractivity contribution is -0.137. The van der Waals surface area contributed by atoms with E-state index in [1.165, 1.54) is 6.20 Å². The molecule has 10 nitrogen and oxygen atoms in total. The predicted molar refractivity (Wildman–Crippen MR) is 190 cm³/mol. The molecule has 0 aromatic heterocycles. The van der Waals surface area contributed by atoms with Crippen molar-refractivity contribution in [2.24, 2.45) is 16.5 Å². The van der Waals surface area contributed by atoms with E-state index in [1.54, 1.807) is 44.0 Å². The first kappa shape index (κ1) is 37.5. The zero-order chi connectivity index (χ0) is 35.4. The fourth-order valence-electron chi connectivity index (χ4n) is 5.35. The Labute approximate surface area is 284 Å². The minimum absolute atomic E-state index is 0.124. The van der Waals surface area contributed by atoms with Gasteiger partial charge in [-0.3, -0.25) is 14.6 Å². The number of rotatable bonds is 14. The number of benzene rings is 3. The number of nitrogens with one attached hydrogen (secondary N) is 1. The van der Waals surface area contributed by atoms with Crippen LogP contribution in [0.3, 0.4) is 0 Å². The van der Waals surface area contributed by atoms with E-state index >= 15 is 0 Å². The van der Waals surface area contributed by atoms with Crippen LogP contribution in [0.15, 0.2) is 84.0 Å². The van der Waals surface area contributed by atoms with Gasteiger partial charge in [0.25, 0.3) is 0 Å². The van der Waals surface area contributed by atoms with Gasteiger partial charge in [0, 0.05) is 36.0 Å². The number of hydrogen-bond donors (Lipinski definition) is 3. The third-order valence-corrected chi connectivity index (χ3v) is 7.56. The Morgan fingerprint density at radius 2 is 1.52 bits per heavy atom. The molecule has 5 N–H and O–H groups in total. The number of amides is 3. The minimum Gasteiger partial charge on any atom is -0.444 e. The molecule has 0 fully saturated rings. The number of ether oxygens (including phenoxy) is 2. The van der Waals surface area contributed by atoms with E-state index in [-0.39, 0.29) is 25.0 Å². The molecule has 0 aliphatic rings. The van der Waals surface area contributed by atoms with Crippen molar-refractivity contribution in [1.82, 2.24) is 10.2 Å². The Balaban J connectivity index is 2.04. The summed E-state index contributed by atoms with van der Waals surface area (Å²) in [4.78, 5) is 46.1. The summed E-state index contributed by atoms with van der Waals surface area (Å²) in [5, 5.41) is 2.83. The molecular formula is C38H49N5O5. The van der Waals surface area contributed by atoms with Gasteiger partial charge >= 0.3 is 6.09 Å². The van der Waals surface area contributed by atoms with Gasteiger partial charge in [-0.25, -0.2) is 4.79 Å². The molecule has 0 heterocycles. The Morgan fingerprint density at radius 3 is 2.04 bits per heavy atom. The second-order valence-corrected chi connectivity index (χ2v) is 13.0. The zero-order valence-corrected chi connectivity index (χ0v) is 29.0. The summed E-state index contributed by atoms with van der Waals surface area (Å²) in [5.74, 6) is -0.899. The van der Waals surface area contributed by atoms with Crippen molar-refractivity contribution in [3.63, 3.8) is 0 Å². The lowest BCUT2D eigenvalue weighted by Gasteiger charge is -2.36. The number of aliphatic imine (C=N–C) groups is 1. The Morgan fingerprint density at radius 1 is 0.938 bits per heavy atom. The van der Waals surface area contributed by atoms with Crippen molar-refractivity contribution < 1.29 is 23.9 Å². The Hall–Kier alpha value is -4.96. The second kappa shape index (κ2) is 17.3. The lowest BCUT2D eigenvalue weighted by atomic mass is 9.93. The van der Waals surface area contributed by atoms with E-state index in [2.05, 4.69) is 5.32 Å². The van der Waals surface area contributed by atoms with Crippen LogP contribution in [0.4, 0.5) is 4.79 Å². The number of alkyl carbamates (subject to hydrolysis) is 1. The van der Waals surface area contributed by atoms with Crippen LogP contribution in [0.1, 0.15) is 72.8 Å². The van der Waals surface area contributed by atoms with Crippen LogP contribution in [0.25, 0.3) is 5.70 Å². The molecule has 0 unspecified atom stereocenters. The molecule has 3 rings (SSSR count). The molecule has 0 aliphatic carbocycles. The van der Waals surface area contributed by atoms with Crippen molar-refractivity contribution >= 4 is 29.8 Å². The van der Waals surface area contributed by atoms with E-state index < -0.39 is 29.7 Å². The number of nitrogens with two attached hydrogens (primary N) is 2. The summed E-state index contributed by atoms with van der Waals surface area (Å²) in [5.41, 5.74) is 15.8. The van der Waals surface area contributed by atoms with Gasteiger partial charge in [-0.2, -0.15) is 0 Å². The van der Waals surface area contributed by atoms with Gasteiger partial charge in [0.05, 0.1) is 25.0 Å². The van der Waals surface area contributed by atoms with Gasteiger partial charge in [-0.15, -0.1) is 0 Å². The first-order valence-electron chi connectivity index (χ1n) is 16.0. The summed E-state index contributed by atoms with van der Waals surface area (Å²) < 4.78 is 11.7. The summed E-state index contributed by atoms with van der Waals surface area (Å²) >= 11 is 0. The number of primary amides is 1. The fourth-order valence-corrected chi connectivity index (χ4v) is 5.35. The number of carbonyl (C=O) groups is 3. The third kappa shape index (κ3) is 11.1. The van der Waals surface area contributed by atoms with Crippen LogP contribution in [0.5, 0.6) is 0 Å². The smallest absolute Gasteiger partial charge is 0.408 e. The van der Waals surface area contributed by atoms with Crippen LogP contribution < -0.4 is 16.8 Å². The minimum atomic E-state index is -1.03. The first-order chi connectivity index (χ1) is 22.7. The van der Waals surface area contributed by atoms with Gasteiger partial charge in [0.15, 0.2) is 0 Å². The topological polar surface area (TPSA) is 149 Å². The molecule has 3 amide bonds. The van der Waals surface area contributed by atoms with E-state index in [4.69, 9.17) is 25.9 Å². The van der Waals surface area contributed by atoms with Crippen LogP contribution in [-0.4, -0.2) is 59.4 Å². The van der Waals surface area contributed by atoms with Crippen LogP contribution >= 0.6 is 0 Å². The number of nitrogens with zero attached hydrogens (tertiary/aromatic N) is 2. The van der Waals surface area contributed by atoms with Gasteiger partial charge in [-0.1, -0.05) is 60.7 Å². The fraction of sp³-hybridized carbons (Fsp3) is 0.368. The standard InChI is InChI=1S/C38H49N5O5/c1-25(2)43(31(24-47-23-28-14-10-8-11-15-28)22-41-34(21-39)29-16-12-9-13-17-29)36(45)33(42-37(46)48-38(5,6)7)20-32-26(3)18-30(35(40)44)19-27(32)4/h8-19,21-22,25,31,33H,20,23-24,39H2,1-7H3,(H2,40,44)(H,42,46)/b34-21-,41-22?/t31-,33+/m1/s1. The Bertz CT molecular complexity index is 1570. The molecule has 0 aliphatic heterocycles. The maximum absolute atomic E-state index is 14.7. The zero-order valence-electron chi connectivity index (χ0n) is 29.0. The van der Waals surface area contributed by atoms with Gasteiger partial charge in [0.1, 0.15) is 11.6 Å². The number of hydrogen-bond acceptors (Lipinski definition) is 7. The van der Waals surface area contributed by atoms with Crippen molar-refractivity contribution in [3.8, 4) is 0 Å². The Kier molecular flexibility index (Phi) is 13.5. The molecule has 0 saturated heterocycles. The molecule has 256 valence electrons. The molecule has 3 aromatic carbocycles. The second-order valence-electron chi connectivity index (χ2n) is 13.0. The molecule has 0 spiro atoms. The first-order valence-corrected chi connectivity index (χ1v) is 16.0. The quantitative estimate of drug-likeness (QED) is 0.190. The summed E-state index contributed by atoms with van der Waals surface area (Å²) in [6.07, 6.45) is 2.50.